The summed E-state index contributed by atoms with van der Waals surface area (Å²) in [5, 5.41) is 3.31. The second-order valence-electron chi connectivity index (χ2n) is 4.19. The highest BCUT2D eigenvalue weighted by atomic mass is 19.1. The molecule has 0 saturated carbocycles. The Labute approximate surface area is 107 Å². The number of nitrogens with one attached hydrogen (secondary N) is 1. The normalized spacial score (nSPS) is 10.8. The predicted octanol–water partition coefficient (Wildman–Crippen LogP) is 2.37. The molecule has 18 heavy (non-hydrogen) atoms. The summed E-state index contributed by atoms with van der Waals surface area (Å²) in [5.41, 5.74) is 1.92. The van der Waals surface area contributed by atoms with Crippen LogP contribution in [-0.4, -0.2) is 16.1 Å². The van der Waals surface area contributed by atoms with Gasteiger partial charge in [-0.1, -0.05) is 18.2 Å². The molecule has 1 N–H and O–H groups in total. The van der Waals surface area contributed by atoms with Crippen molar-refractivity contribution in [2.24, 2.45) is 0 Å². The van der Waals surface area contributed by atoms with Gasteiger partial charge < -0.3 is 9.88 Å². The second-order valence-corrected chi connectivity index (χ2v) is 4.19. The number of hydrogen-bond acceptors (Lipinski definition) is 2. The van der Waals surface area contributed by atoms with Gasteiger partial charge in [-0.25, -0.2) is 9.37 Å². The third-order valence-corrected chi connectivity index (χ3v) is 2.97. The lowest BCUT2D eigenvalue weighted by Gasteiger charge is -2.07. The van der Waals surface area contributed by atoms with E-state index in [4.69, 9.17) is 0 Å². The van der Waals surface area contributed by atoms with E-state index < -0.39 is 0 Å². The summed E-state index contributed by atoms with van der Waals surface area (Å²) >= 11 is 0. The molecular formula is C14H18FN3. The first-order valence-electron chi connectivity index (χ1n) is 6.24. The van der Waals surface area contributed by atoms with Crippen LogP contribution < -0.4 is 5.32 Å². The predicted molar refractivity (Wildman–Crippen MR) is 69.7 cm³/mol. The van der Waals surface area contributed by atoms with Crippen LogP contribution in [0, 0.1) is 5.82 Å². The van der Waals surface area contributed by atoms with E-state index in [9.17, 15) is 4.39 Å². The minimum atomic E-state index is -0.127. The van der Waals surface area contributed by atoms with Crippen LogP contribution in [0.1, 0.15) is 18.2 Å². The summed E-state index contributed by atoms with van der Waals surface area (Å²) in [6, 6.07) is 6.91. The van der Waals surface area contributed by atoms with Crippen LogP contribution in [0.4, 0.5) is 4.39 Å². The summed E-state index contributed by atoms with van der Waals surface area (Å²) in [4.78, 5) is 4.11. The first-order chi connectivity index (χ1) is 8.81. The molecule has 4 heteroatoms. The van der Waals surface area contributed by atoms with Crippen molar-refractivity contribution < 1.29 is 4.39 Å². The van der Waals surface area contributed by atoms with Gasteiger partial charge in [0.2, 0.25) is 0 Å². The van der Waals surface area contributed by atoms with E-state index in [0.717, 1.165) is 30.9 Å². The summed E-state index contributed by atoms with van der Waals surface area (Å²) in [7, 11) is 0. The molecule has 0 aliphatic carbocycles. The molecule has 2 rings (SSSR count). The number of nitrogens with zero attached hydrogens (tertiary/aromatic N) is 2. The largest absolute Gasteiger partial charge is 0.334 e. The Morgan fingerprint density at radius 3 is 2.94 bits per heavy atom. The third kappa shape index (κ3) is 3.17. The van der Waals surface area contributed by atoms with E-state index in [-0.39, 0.29) is 5.82 Å². The van der Waals surface area contributed by atoms with Crippen molar-refractivity contribution in [2.45, 2.75) is 26.4 Å². The van der Waals surface area contributed by atoms with Crippen molar-refractivity contribution in [3.05, 3.63) is 53.9 Å². The van der Waals surface area contributed by atoms with Crippen molar-refractivity contribution in [3.8, 4) is 0 Å². The quantitative estimate of drug-likeness (QED) is 0.794. The summed E-state index contributed by atoms with van der Waals surface area (Å²) in [5.74, 6) is -0.127. The highest BCUT2D eigenvalue weighted by Crippen LogP contribution is 2.06. The van der Waals surface area contributed by atoms with Crippen LogP contribution in [0.2, 0.25) is 0 Å². The Kier molecular flexibility index (Phi) is 4.47. The second kappa shape index (κ2) is 6.31. The number of hydrogen-bond donors (Lipinski definition) is 1. The maximum atomic E-state index is 13.4. The van der Waals surface area contributed by atoms with E-state index in [2.05, 4.69) is 21.8 Å². The average Bonchev–Trinajstić information content (AvgIpc) is 2.84. The Morgan fingerprint density at radius 1 is 1.33 bits per heavy atom. The van der Waals surface area contributed by atoms with Gasteiger partial charge >= 0.3 is 0 Å². The molecule has 0 unspecified atom stereocenters. The topological polar surface area (TPSA) is 29.9 Å². The molecule has 0 fully saturated rings. The van der Waals surface area contributed by atoms with E-state index in [0.29, 0.717) is 6.42 Å². The van der Waals surface area contributed by atoms with Crippen LogP contribution in [-0.2, 0) is 19.5 Å². The lowest BCUT2D eigenvalue weighted by Crippen LogP contribution is -2.19. The third-order valence-electron chi connectivity index (χ3n) is 2.97. The molecule has 2 aromatic rings. The van der Waals surface area contributed by atoms with Crippen LogP contribution in [0.25, 0.3) is 0 Å². The van der Waals surface area contributed by atoms with Gasteiger partial charge in [0, 0.05) is 19.3 Å². The van der Waals surface area contributed by atoms with Gasteiger partial charge in [0.25, 0.3) is 0 Å². The average molecular weight is 247 g/mol. The zero-order valence-electron chi connectivity index (χ0n) is 10.6. The summed E-state index contributed by atoms with van der Waals surface area (Å²) < 4.78 is 15.5. The van der Waals surface area contributed by atoms with Crippen molar-refractivity contribution in [3.63, 3.8) is 0 Å². The molecular weight excluding hydrogens is 229 g/mol. The zero-order valence-corrected chi connectivity index (χ0v) is 10.6. The molecule has 0 aliphatic heterocycles. The minimum Gasteiger partial charge on any atom is -0.334 e. The van der Waals surface area contributed by atoms with Gasteiger partial charge in [0.1, 0.15) is 5.82 Å². The van der Waals surface area contributed by atoms with Crippen LogP contribution >= 0.6 is 0 Å². The fourth-order valence-electron chi connectivity index (χ4n) is 1.92. The number of imidazole rings is 1. The summed E-state index contributed by atoms with van der Waals surface area (Å²) in [6.45, 7) is 4.53. The lowest BCUT2D eigenvalue weighted by atomic mass is 10.1. The fourth-order valence-corrected chi connectivity index (χ4v) is 1.92. The van der Waals surface area contributed by atoms with E-state index in [1.807, 2.05) is 24.7 Å². The molecule has 1 aromatic carbocycles. The molecule has 0 amide bonds. The van der Waals surface area contributed by atoms with Gasteiger partial charge in [0.15, 0.2) is 0 Å². The first kappa shape index (κ1) is 12.8. The van der Waals surface area contributed by atoms with Gasteiger partial charge in [-0.3, -0.25) is 0 Å². The first-order valence-corrected chi connectivity index (χ1v) is 6.24. The van der Waals surface area contributed by atoms with Crippen molar-refractivity contribution in [1.29, 1.82) is 0 Å². The maximum Gasteiger partial charge on any atom is 0.126 e. The fraction of sp³-hybridized carbons (Fsp3) is 0.357. The minimum absolute atomic E-state index is 0.127. The standard InChI is InChI=1S/C14H18FN3/c1-2-18-11-17-10-13(18)9-16-8-7-12-5-3-4-6-14(12)15/h3-6,10-11,16H,2,7-9H2,1H3. The molecule has 0 aliphatic rings. The maximum absolute atomic E-state index is 13.4. The van der Waals surface area contributed by atoms with E-state index >= 15 is 0 Å². The Morgan fingerprint density at radius 2 is 2.17 bits per heavy atom. The van der Waals surface area contributed by atoms with Crippen molar-refractivity contribution in [1.82, 2.24) is 14.9 Å². The van der Waals surface area contributed by atoms with E-state index in [1.165, 1.54) is 6.07 Å². The number of aromatic nitrogens is 2. The van der Waals surface area contributed by atoms with Crippen molar-refractivity contribution in [2.75, 3.05) is 6.54 Å². The van der Waals surface area contributed by atoms with Crippen LogP contribution in [0.3, 0.4) is 0 Å². The molecule has 1 aromatic heterocycles. The SMILES string of the molecule is CCn1cncc1CNCCc1ccccc1F. The van der Waals surface area contributed by atoms with E-state index in [1.54, 1.807) is 6.07 Å². The molecule has 0 radical (unpaired) electrons. The Balaban J connectivity index is 1.78. The van der Waals surface area contributed by atoms with Crippen molar-refractivity contribution >= 4 is 0 Å². The van der Waals surface area contributed by atoms with Gasteiger partial charge in [-0.05, 0) is 31.5 Å². The zero-order chi connectivity index (χ0) is 12.8. The molecule has 3 nitrogen and oxygen atoms in total. The highest BCUT2D eigenvalue weighted by Gasteiger charge is 2.01. The molecule has 0 saturated heterocycles. The van der Waals surface area contributed by atoms with Gasteiger partial charge in [0.05, 0.1) is 12.0 Å². The van der Waals surface area contributed by atoms with Crippen LogP contribution in [0.5, 0.6) is 0 Å². The summed E-state index contributed by atoms with van der Waals surface area (Å²) in [6.07, 6.45) is 4.39. The molecule has 1 heterocycles. The number of benzene rings is 1. The molecule has 96 valence electrons. The number of halogens is 1. The molecule has 0 atom stereocenters. The molecule has 0 bridgehead atoms. The smallest absolute Gasteiger partial charge is 0.126 e. The number of aryl methyl sites for hydroxylation is 1. The van der Waals surface area contributed by atoms with Gasteiger partial charge in [-0.15, -0.1) is 0 Å². The monoisotopic (exact) mass is 247 g/mol. The van der Waals surface area contributed by atoms with Crippen LogP contribution in [0.15, 0.2) is 36.8 Å². The number of rotatable bonds is 6. The Hall–Kier alpha value is -1.68. The lowest BCUT2D eigenvalue weighted by molar-refractivity contribution is 0.590. The highest BCUT2D eigenvalue weighted by molar-refractivity contribution is 5.17. The molecule has 0 spiro atoms. The Bertz CT molecular complexity index is 493. The van der Waals surface area contributed by atoms with Gasteiger partial charge in [-0.2, -0.15) is 0 Å².